The van der Waals surface area contributed by atoms with Crippen molar-refractivity contribution >= 4 is 27.5 Å². The third kappa shape index (κ3) is 5.26. The quantitative estimate of drug-likeness (QED) is 0.446. The molecule has 0 fully saturated rings. The van der Waals surface area contributed by atoms with Crippen LogP contribution >= 0.6 is 15.9 Å². The van der Waals surface area contributed by atoms with Gasteiger partial charge in [0.05, 0.1) is 9.40 Å². The predicted octanol–water partition coefficient (Wildman–Crippen LogP) is 2.90. The van der Waals surface area contributed by atoms with Gasteiger partial charge in [-0.25, -0.2) is 0 Å². The van der Waals surface area contributed by atoms with Crippen LogP contribution in [-0.4, -0.2) is 30.6 Å². The summed E-state index contributed by atoms with van der Waals surface area (Å²) < 4.78 is 5.64. The molecule has 0 aliphatic carbocycles. The van der Waals surface area contributed by atoms with Gasteiger partial charge >= 0.3 is 0 Å². The van der Waals surface area contributed by atoms with Crippen molar-refractivity contribution in [1.82, 2.24) is 5.32 Å². The maximum atomic E-state index is 11.8. The minimum atomic E-state index is -0.528. The first kappa shape index (κ1) is 16.6. The maximum absolute atomic E-state index is 11.8. The Morgan fingerprint density at radius 3 is 2.85 bits per heavy atom. The second-order valence-electron chi connectivity index (χ2n) is 4.15. The van der Waals surface area contributed by atoms with Crippen LogP contribution in [0, 0.1) is 10.1 Å². The number of hydrogen-bond acceptors (Lipinski definition) is 4. The average molecular weight is 345 g/mol. The fourth-order valence-corrected chi connectivity index (χ4v) is 1.91. The maximum Gasteiger partial charge on any atom is 0.284 e. The smallest absolute Gasteiger partial charge is 0.284 e. The van der Waals surface area contributed by atoms with E-state index in [-0.39, 0.29) is 17.2 Å². The Morgan fingerprint density at radius 1 is 1.45 bits per heavy atom. The lowest BCUT2D eigenvalue weighted by atomic mass is 10.2. The lowest BCUT2D eigenvalue weighted by Crippen LogP contribution is -2.25. The lowest BCUT2D eigenvalue weighted by molar-refractivity contribution is -0.385. The van der Waals surface area contributed by atoms with Crippen molar-refractivity contribution in [1.29, 1.82) is 0 Å². The molecule has 0 aliphatic rings. The van der Waals surface area contributed by atoms with E-state index < -0.39 is 4.92 Å². The molecule has 0 spiro atoms. The summed E-state index contributed by atoms with van der Waals surface area (Å²) in [7, 11) is 0. The van der Waals surface area contributed by atoms with Crippen LogP contribution in [-0.2, 0) is 4.74 Å². The first-order valence-electron chi connectivity index (χ1n) is 6.36. The molecule has 1 amide bonds. The van der Waals surface area contributed by atoms with Gasteiger partial charge in [0.25, 0.3) is 11.6 Å². The van der Waals surface area contributed by atoms with Gasteiger partial charge in [-0.15, -0.1) is 0 Å². The number of hydrogen-bond donors (Lipinski definition) is 1. The highest BCUT2D eigenvalue weighted by Crippen LogP contribution is 2.25. The first-order valence-corrected chi connectivity index (χ1v) is 7.15. The zero-order valence-electron chi connectivity index (χ0n) is 11.2. The SMILES string of the molecule is CCCOCCCNC(=O)c1ccc(Br)c([N+](=O)[O-])c1. The number of halogens is 1. The standard InChI is InChI=1S/C13H17BrN2O4/c1-2-7-20-8-3-6-15-13(17)10-4-5-11(14)12(9-10)16(18)19/h4-5,9H,2-3,6-8H2,1H3,(H,15,17). The molecule has 0 unspecified atom stereocenters. The van der Waals surface area contributed by atoms with Crippen LogP contribution in [0.15, 0.2) is 22.7 Å². The van der Waals surface area contributed by atoms with Crippen molar-refractivity contribution in [3.05, 3.63) is 38.3 Å². The number of benzene rings is 1. The van der Waals surface area contributed by atoms with Crippen molar-refractivity contribution in [2.75, 3.05) is 19.8 Å². The van der Waals surface area contributed by atoms with Gasteiger partial charge in [0, 0.05) is 31.4 Å². The second-order valence-corrected chi connectivity index (χ2v) is 5.00. The summed E-state index contributed by atoms with van der Waals surface area (Å²) in [5.41, 5.74) is 0.151. The Balaban J connectivity index is 2.47. The highest BCUT2D eigenvalue weighted by atomic mass is 79.9. The number of rotatable bonds is 8. The van der Waals surface area contributed by atoms with E-state index in [0.29, 0.717) is 30.7 Å². The number of ether oxygens (including phenoxy) is 1. The van der Waals surface area contributed by atoms with Crippen LogP contribution in [0.1, 0.15) is 30.1 Å². The van der Waals surface area contributed by atoms with E-state index in [1.54, 1.807) is 6.07 Å². The minimum absolute atomic E-state index is 0.121. The Kier molecular flexibility index (Phi) is 7.17. The Hall–Kier alpha value is -1.47. The van der Waals surface area contributed by atoms with Crippen LogP contribution in [0.2, 0.25) is 0 Å². The molecule has 1 N–H and O–H groups in total. The van der Waals surface area contributed by atoms with E-state index in [4.69, 9.17) is 4.74 Å². The molecule has 1 rings (SSSR count). The highest BCUT2D eigenvalue weighted by Gasteiger charge is 2.15. The lowest BCUT2D eigenvalue weighted by Gasteiger charge is -2.06. The van der Waals surface area contributed by atoms with Gasteiger partial charge in [0.2, 0.25) is 0 Å². The summed E-state index contributed by atoms with van der Waals surface area (Å²) in [6.07, 6.45) is 1.68. The molecule has 0 heterocycles. The summed E-state index contributed by atoms with van der Waals surface area (Å²) in [4.78, 5) is 22.1. The molecule has 6 nitrogen and oxygen atoms in total. The van der Waals surface area contributed by atoms with E-state index in [2.05, 4.69) is 21.2 Å². The van der Waals surface area contributed by atoms with Gasteiger partial charge < -0.3 is 10.1 Å². The number of carbonyl (C=O) groups excluding carboxylic acids is 1. The van der Waals surface area contributed by atoms with E-state index in [0.717, 1.165) is 6.42 Å². The molecule has 0 radical (unpaired) electrons. The van der Waals surface area contributed by atoms with Crippen molar-refractivity contribution in [2.24, 2.45) is 0 Å². The molecule has 1 aromatic rings. The summed E-state index contributed by atoms with van der Waals surface area (Å²) in [5, 5.41) is 13.5. The molecule has 0 aliphatic heterocycles. The normalized spacial score (nSPS) is 10.3. The zero-order valence-corrected chi connectivity index (χ0v) is 12.8. The zero-order chi connectivity index (χ0) is 15.0. The molecule has 0 saturated carbocycles. The van der Waals surface area contributed by atoms with E-state index in [1.807, 2.05) is 6.92 Å². The molecule has 0 bridgehead atoms. The number of nitro groups is 1. The molecule has 0 saturated heterocycles. The predicted molar refractivity (Wildman–Crippen MR) is 78.9 cm³/mol. The Bertz CT molecular complexity index is 479. The Labute approximate surface area is 125 Å². The molecular formula is C13H17BrN2O4. The van der Waals surface area contributed by atoms with Crippen molar-refractivity contribution < 1.29 is 14.5 Å². The van der Waals surface area contributed by atoms with Gasteiger partial charge in [-0.2, -0.15) is 0 Å². The largest absolute Gasteiger partial charge is 0.381 e. The van der Waals surface area contributed by atoms with Gasteiger partial charge in [-0.1, -0.05) is 6.92 Å². The van der Waals surface area contributed by atoms with E-state index in [9.17, 15) is 14.9 Å². The number of carbonyl (C=O) groups is 1. The number of nitrogens with zero attached hydrogens (tertiary/aromatic N) is 1. The Morgan fingerprint density at radius 2 is 2.20 bits per heavy atom. The van der Waals surface area contributed by atoms with E-state index in [1.165, 1.54) is 12.1 Å². The third-order valence-electron chi connectivity index (χ3n) is 2.50. The summed E-state index contributed by atoms with van der Waals surface area (Å²) in [5.74, 6) is -0.323. The minimum Gasteiger partial charge on any atom is -0.381 e. The summed E-state index contributed by atoms with van der Waals surface area (Å²) >= 11 is 3.08. The molecule has 0 atom stereocenters. The van der Waals surface area contributed by atoms with Crippen LogP contribution in [0.5, 0.6) is 0 Å². The average Bonchev–Trinajstić information content (AvgIpc) is 2.42. The third-order valence-corrected chi connectivity index (χ3v) is 3.18. The van der Waals surface area contributed by atoms with Gasteiger partial charge in [-0.05, 0) is 40.9 Å². The molecule has 1 aromatic carbocycles. The van der Waals surface area contributed by atoms with Gasteiger partial charge in [0.15, 0.2) is 0 Å². The molecule has 20 heavy (non-hydrogen) atoms. The fraction of sp³-hybridized carbons (Fsp3) is 0.462. The van der Waals surface area contributed by atoms with Crippen molar-refractivity contribution in [2.45, 2.75) is 19.8 Å². The van der Waals surface area contributed by atoms with Gasteiger partial charge in [0.1, 0.15) is 0 Å². The molecule has 110 valence electrons. The summed E-state index contributed by atoms with van der Waals surface area (Å²) in [6.45, 7) is 3.82. The van der Waals surface area contributed by atoms with E-state index >= 15 is 0 Å². The van der Waals surface area contributed by atoms with Crippen LogP contribution < -0.4 is 5.32 Å². The molecule has 7 heteroatoms. The number of nitrogens with one attached hydrogen (secondary N) is 1. The molecule has 0 aromatic heterocycles. The topological polar surface area (TPSA) is 81.5 Å². The summed E-state index contributed by atoms with van der Waals surface area (Å²) in [6, 6.07) is 4.30. The first-order chi connectivity index (χ1) is 9.56. The van der Waals surface area contributed by atoms with Crippen molar-refractivity contribution in [3.8, 4) is 0 Å². The molecular weight excluding hydrogens is 328 g/mol. The van der Waals surface area contributed by atoms with Crippen LogP contribution in [0.4, 0.5) is 5.69 Å². The number of nitro benzene ring substituents is 1. The van der Waals surface area contributed by atoms with Crippen LogP contribution in [0.3, 0.4) is 0 Å². The van der Waals surface area contributed by atoms with Gasteiger partial charge in [-0.3, -0.25) is 14.9 Å². The van der Waals surface area contributed by atoms with Crippen molar-refractivity contribution in [3.63, 3.8) is 0 Å². The van der Waals surface area contributed by atoms with Crippen LogP contribution in [0.25, 0.3) is 0 Å². The second kappa shape index (κ2) is 8.65. The highest BCUT2D eigenvalue weighted by molar-refractivity contribution is 9.10. The number of amides is 1. The fourth-order valence-electron chi connectivity index (χ4n) is 1.52. The monoisotopic (exact) mass is 344 g/mol.